The van der Waals surface area contributed by atoms with Crippen molar-refractivity contribution >= 4 is 38.5 Å². The van der Waals surface area contributed by atoms with Gasteiger partial charge in [0.05, 0.1) is 6.42 Å². The number of nitrogens with one attached hydrogen (secondary N) is 1. The first-order chi connectivity index (χ1) is 10.6. The SMILES string of the molecule is O=C(Cc1cncc(Br)c1)Nc1ccc2oc(=O)ccc2c1. The Kier molecular flexibility index (Phi) is 4.02. The van der Waals surface area contributed by atoms with E-state index in [-0.39, 0.29) is 12.3 Å². The number of benzene rings is 1. The van der Waals surface area contributed by atoms with Crippen LogP contribution in [0.5, 0.6) is 0 Å². The van der Waals surface area contributed by atoms with Crippen LogP contribution in [0.2, 0.25) is 0 Å². The van der Waals surface area contributed by atoms with Crippen LogP contribution in [0.25, 0.3) is 11.0 Å². The van der Waals surface area contributed by atoms with Crippen molar-refractivity contribution in [1.29, 1.82) is 0 Å². The standard InChI is InChI=1S/C16H11BrN2O3/c17-12-5-10(8-18-9-12)6-15(20)19-13-2-3-14-11(7-13)1-4-16(21)22-14/h1-5,7-9H,6H2,(H,19,20). The summed E-state index contributed by atoms with van der Waals surface area (Å²) >= 11 is 3.32. The van der Waals surface area contributed by atoms with E-state index in [2.05, 4.69) is 26.2 Å². The fourth-order valence-corrected chi connectivity index (χ4v) is 2.50. The van der Waals surface area contributed by atoms with Gasteiger partial charge in [-0.1, -0.05) is 0 Å². The van der Waals surface area contributed by atoms with Gasteiger partial charge in [-0.2, -0.15) is 0 Å². The first-order valence-electron chi connectivity index (χ1n) is 6.53. The highest BCUT2D eigenvalue weighted by atomic mass is 79.9. The molecule has 0 bridgehead atoms. The van der Waals surface area contributed by atoms with Gasteiger partial charge in [-0.05, 0) is 51.8 Å². The second-order valence-electron chi connectivity index (χ2n) is 4.74. The summed E-state index contributed by atoms with van der Waals surface area (Å²) in [6.45, 7) is 0. The van der Waals surface area contributed by atoms with E-state index in [1.165, 1.54) is 6.07 Å². The largest absolute Gasteiger partial charge is 0.423 e. The third kappa shape index (κ3) is 3.40. The number of pyridine rings is 1. The number of fused-ring (bicyclic) bond motifs is 1. The molecule has 0 saturated carbocycles. The molecular weight excluding hydrogens is 348 g/mol. The van der Waals surface area contributed by atoms with Gasteiger partial charge in [0.1, 0.15) is 5.58 Å². The van der Waals surface area contributed by atoms with E-state index in [1.54, 1.807) is 36.7 Å². The third-order valence-corrected chi connectivity index (χ3v) is 3.46. The van der Waals surface area contributed by atoms with E-state index in [1.807, 2.05) is 6.07 Å². The Morgan fingerprint density at radius 1 is 1.18 bits per heavy atom. The number of rotatable bonds is 3. The van der Waals surface area contributed by atoms with Crippen LogP contribution in [0.4, 0.5) is 5.69 Å². The van der Waals surface area contributed by atoms with Crippen LogP contribution in [0.15, 0.2) is 62.5 Å². The summed E-state index contributed by atoms with van der Waals surface area (Å²) in [6.07, 6.45) is 3.55. The van der Waals surface area contributed by atoms with Crippen molar-refractivity contribution in [2.45, 2.75) is 6.42 Å². The van der Waals surface area contributed by atoms with Crippen molar-refractivity contribution in [3.63, 3.8) is 0 Å². The molecule has 0 atom stereocenters. The van der Waals surface area contributed by atoms with Crippen LogP contribution in [0.3, 0.4) is 0 Å². The lowest BCUT2D eigenvalue weighted by Crippen LogP contribution is -2.14. The average Bonchev–Trinajstić information content (AvgIpc) is 2.47. The smallest absolute Gasteiger partial charge is 0.336 e. The molecule has 6 heteroatoms. The van der Waals surface area contributed by atoms with Gasteiger partial charge in [0.25, 0.3) is 0 Å². The molecule has 1 N–H and O–H groups in total. The number of hydrogen-bond acceptors (Lipinski definition) is 4. The zero-order chi connectivity index (χ0) is 15.5. The summed E-state index contributed by atoms with van der Waals surface area (Å²) in [5.74, 6) is -0.142. The second-order valence-corrected chi connectivity index (χ2v) is 5.66. The molecule has 0 fully saturated rings. The Hall–Kier alpha value is -2.47. The molecule has 0 unspecified atom stereocenters. The maximum Gasteiger partial charge on any atom is 0.336 e. The lowest BCUT2D eigenvalue weighted by molar-refractivity contribution is -0.115. The number of amides is 1. The molecule has 0 aliphatic heterocycles. The van der Waals surface area contributed by atoms with E-state index in [0.717, 1.165) is 15.4 Å². The topological polar surface area (TPSA) is 72.2 Å². The minimum Gasteiger partial charge on any atom is -0.423 e. The molecule has 0 aliphatic carbocycles. The lowest BCUT2D eigenvalue weighted by Gasteiger charge is -2.06. The minimum atomic E-state index is -0.397. The van der Waals surface area contributed by atoms with Gasteiger partial charge in [0.2, 0.25) is 5.91 Å². The lowest BCUT2D eigenvalue weighted by atomic mass is 10.2. The number of carbonyl (C=O) groups is 1. The minimum absolute atomic E-state index is 0.142. The molecule has 1 amide bonds. The molecule has 0 aliphatic rings. The maximum absolute atomic E-state index is 12.1. The zero-order valence-corrected chi connectivity index (χ0v) is 13.0. The van der Waals surface area contributed by atoms with Crippen molar-refractivity contribution in [1.82, 2.24) is 4.98 Å². The molecule has 2 heterocycles. The van der Waals surface area contributed by atoms with Crippen LogP contribution in [-0.2, 0) is 11.2 Å². The van der Waals surface area contributed by atoms with Crippen LogP contribution in [-0.4, -0.2) is 10.9 Å². The Morgan fingerprint density at radius 3 is 2.86 bits per heavy atom. The second kappa shape index (κ2) is 6.11. The van der Waals surface area contributed by atoms with Crippen molar-refractivity contribution in [3.8, 4) is 0 Å². The van der Waals surface area contributed by atoms with Crippen molar-refractivity contribution in [3.05, 3.63) is 69.2 Å². The Labute approximate surface area is 134 Å². The molecule has 1 aromatic carbocycles. The zero-order valence-electron chi connectivity index (χ0n) is 11.4. The predicted molar refractivity (Wildman–Crippen MR) is 86.8 cm³/mol. The summed E-state index contributed by atoms with van der Waals surface area (Å²) in [5, 5.41) is 3.57. The summed E-state index contributed by atoms with van der Waals surface area (Å²) in [6, 6.07) is 9.97. The number of anilines is 1. The number of carbonyl (C=O) groups excluding carboxylic acids is 1. The monoisotopic (exact) mass is 358 g/mol. The molecular formula is C16H11BrN2O3. The number of aromatic nitrogens is 1. The molecule has 0 radical (unpaired) electrons. The van der Waals surface area contributed by atoms with Gasteiger partial charge in [-0.25, -0.2) is 4.79 Å². The van der Waals surface area contributed by atoms with Crippen molar-refractivity contribution in [2.24, 2.45) is 0 Å². The Morgan fingerprint density at radius 2 is 2.05 bits per heavy atom. The van der Waals surface area contributed by atoms with E-state index in [4.69, 9.17) is 4.42 Å². The van der Waals surface area contributed by atoms with E-state index >= 15 is 0 Å². The number of nitrogens with zero attached hydrogens (tertiary/aromatic N) is 1. The molecule has 2 aromatic heterocycles. The maximum atomic E-state index is 12.1. The third-order valence-electron chi connectivity index (χ3n) is 3.03. The predicted octanol–water partition coefficient (Wildman–Crippen LogP) is 3.13. The van der Waals surface area contributed by atoms with Crippen LogP contribution < -0.4 is 10.9 Å². The molecule has 3 aromatic rings. The highest BCUT2D eigenvalue weighted by Gasteiger charge is 2.06. The van der Waals surface area contributed by atoms with Gasteiger partial charge in [0, 0.05) is 34.0 Å². The molecule has 5 nitrogen and oxygen atoms in total. The molecule has 0 saturated heterocycles. The molecule has 22 heavy (non-hydrogen) atoms. The summed E-state index contributed by atoms with van der Waals surface area (Å²) in [5.41, 5.74) is 1.56. The van der Waals surface area contributed by atoms with Gasteiger partial charge >= 0.3 is 5.63 Å². The van der Waals surface area contributed by atoms with Crippen molar-refractivity contribution in [2.75, 3.05) is 5.32 Å². The molecule has 3 rings (SSSR count). The summed E-state index contributed by atoms with van der Waals surface area (Å²) < 4.78 is 5.88. The summed E-state index contributed by atoms with van der Waals surface area (Å²) in [4.78, 5) is 27.2. The van der Waals surface area contributed by atoms with Crippen molar-refractivity contribution < 1.29 is 9.21 Å². The van der Waals surface area contributed by atoms with Crippen LogP contribution in [0, 0.1) is 0 Å². The Balaban J connectivity index is 1.76. The fraction of sp³-hybridized carbons (Fsp3) is 0.0625. The molecule has 0 spiro atoms. The van der Waals surface area contributed by atoms with E-state index < -0.39 is 5.63 Å². The summed E-state index contributed by atoms with van der Waals surface area (Å²) in [7, 11) is 0. The first kappa shape index (κ1) is 14.5. The van der Waals surface area contributed by atoms with Gasteiger partial charge < -0.3 is 9.73 Å². The van der Waals surface area contributed by atoms with Gasteiger partial charge in [-0.3, -0.25) is 9.78 Å². The van der Waals surface area contributed by atoms with E-state index in [9.17, 15) is 9.59 Å². The average molecular weight is 359 g/mol. The first-order valence-corrected chi connectivity index (χ1v) is 7.33. The molecule has 110 valence electrons. The normalized spacial score (nSPS) is 10.6. The van der Waals surface area contributed by atoms with Crippen LogP contribution in [0.1, 0.15) is 5.56 Å². The highest BCUT2D eigenvalue weighted by Crippen LogP contribution is 2.18. The Bertz CT molecular complexity index is 905. The van der Waals surface area contributed by atoms with E-state index in [0.29, 0.717) is 11.3 Å². The number of halogens is 1. The van der Waals surface area contributed by atoms with Gasteiger partial charge in [-0.15, -0.1) is 0 Å². The van der Waals surface area contributed by atoms with Crippen LogP contribution >= 0.6 is 15.9 Å². The number of hydrogen-bond donors (Lipinski definition) is 1. The van der Waals surface area contributed by atoms with Gasteiger partial charge in [0.15, 0.2) is 0 Å². The highest BCUT2D eigenvalue weighted by molar-refractivity contribution is 9.10. The fourth-order valence-electron chi connectivity index (χ4n) is 2.09. The quantitative estimate of drug-likeness (QED) is 0.730.